The number of piperazine rings is 1. The molecule has 2 saturated heterocycles. The lowest BCUT2D eigenvalue weighted by Crippen LogP contribution is -2.67. The average Bonchev–Trinajstić information content (AvgIpc) is 2.89. The van der Waals surface area contributed by atoms with Crippen molar-refractivity contribution in [2.75, 3.05) is 31.9 Å². The second-order valence-corrected chi connectivity index (χ2v) is 10.6. The zero-order chi connectivity index (χ0) is 24.9. The number of amides is 1. The van der Waals surface area contributed by atoms with Gasteiger partial charge in [-0.15, -0.1) is 0 Å². The van der Waals surface area contributed by atoms with Crippen molar-refractivity contribution in [1.29, 1.82) is 0 Å². The van der Waals surface area contributed by atoms with Gasteiger partial charge >= 0.3 is 0 Å². The molecule has 36 heavy (non-hydrogen) atoms. The standard InChI is InChI=1S/C28H34N6OS/c1-20-17-21(2)30-28(29-20)36-19-24-18-25(35)32-27(31-24)34-15-13-33(14-16-34)26(22-9-5-3-6-10-22)23-11-7-4-8-12-23/h3-12,17,24,26-27,31H,13-16,18-19H2,1-2H3,(H,32,35). The number of thioether (sulfide) groups is 1. The van der Waals surface area contributed by atoms with Gasteiger partial charge in [-0.1, -0.05) is 72.4 Å². The molecular weight excluding hydrogens is 468 g/mol. The largest absolute Gasteiger partial charge is 0.328 e. The van der Waals surface area contributed by atoms with Crippen LogP contribution >= 0.6 is 11.8 Å². The molecule has 2 N–H and O–H groups in total. The van der Waals surface area contributed by atoms with Gasteiger partial charge in [0.25, 0.3) is 0 Å². The number of hydrogen-bond donors (Lipinski definition) is 2. The maximum atomic E-state index is 12.6. The third-order valence-electron chi connectivity index (χ3n) is 6.81. The minimum absolute atomic E-state index is 0.0811. The molecule has 0 aliphatic carbocycles. The third kappa shape index (κ3) is 6.13. The first-order chi connectivity index (χ1) is 17.5. The molecule has 0 spiro atoms. The fraction of sp³-hybridized carbons (Fsp3) is 0.393. The Labute approximate surface area is 217 Å². The van der Waals surface area contributed by atoms with E-state index in [9.17, 15) is 4.79 Å². The normalized spacial score (nSPS) is 21.5. The molecule has 8 heteroatoms. The summed E-state index contributed by atoms with van der Waals surface area (Å²) in [4.78, 5) is 26.5. The van der Waals surface area contributed by atoms with E-state index < -0.39 is 0 Å². The molecule has 2 unspecified atom stereocenters. The zero-order valence-electron chi connectivity index (χ0n) is 20.9. The Morgan fingerprint density at radius 3 is 2.08 bits per heavy atom. The van der Waals surface area contributed by atoms with Crippen LogP contribution in [-0.2, 0) is 4.79 Å². The number of nitrogens with zero attached hydrogens (tertiary/aromatic N) is 4. The van der Waals surface area contributed by atoms with Gasteiger partial charge < -0.3 is 5.32 Å². The summed E-state index contributed by atoms with van der Waals surface area (Å²) in [5.74, 6) is 0.858. The fourth-order valence-electron chi connectivity index (χ4n) is 5.13. The van der Waals surface area contributed by atoms with Crippen LogP contribution in [0.2, 0.25) is 0 Å². The molecule has 1 aromatic heterocycles. The van der Waals surface area contributed by atoms with E-state index in [1.165, 1.54) is 11.1 Å². The molecule has 2 fully saturated rings. The highest BCUT2D eigenvalue weighted by Crippen LogP contribution is 2.29. The zero-order valence-corrected chi connectivity index (χ0v) is 21.7. The average molecular weight is 503 g/mol. The Morgan fingerprint density at radius 2 is 1.50 bits per heavy atom. The van der Waals surface area contributed by atoms with Crippen molar-refractivity contribution < 1.29 is 4.79 Å². The van der Waals surface area contributed by atoms with Crippen LogP contribution in [0.15, 0.2) is 71.9 Å². The Morgan fingerprint density at radius 1 is 0.917 bits per heavy atom. The van der Waals surface area contributed by atoms with Gasteiger partial charge in [-0.3, -0.25) is 19.9 Å². The third-order valence-corrected chi connectivity index (χ3v) is 7.82. The fourth-order valence-corrected chi connectivity index (χ4v) is 6.12. The molecule has 1 amide bonds. The van der Waals surface area contributed by atoms with Gasteiger partial charge in [0.2, 0.25) is 5.91 Å². The molecule has 3 heterocycles. The molecule has 188 valence electrons. The predicted molar refractivity (Wildman–Crippen MR) is 144 cm³/mol. The van der Waals surface area contributed by atoms with E-state index >= 15 is 0 Å². The second kappa shape index (κ2) is 11.5. The molecule has 3 aromatic rings. The van der Waals surface area contributed by atoms with Crippen molar-refractivity contribution in [2.45, 2.75) is 43.8 Å². The minimum atomic E-state index is -0.147. The highest BCUT2D eigenvalue weighted by atomic mass is 32.2. The Balaban J connectivity index is 1.21. The van der Waals surface area contributed by atoms with Crippen LogP contribution in [0, 0.1) is 13.8 Å². The van der Waals surface area contributed by atoms with Gasteiger partial charge in [0.05, 0.1) is 6.04 Å². The van der Waals surface area contributed by atoms with Gasteiger partial charge in [-0.2, -0.15) is 0 Å². The van der Waals surface area contributed by atoms with Crippen molar-refractivity contribution in [3.63, 3.8) is 0 Å². The highest BCUT2D eigenvalue weighted by molar-refractivity contribution is 7.99. The summed E-state index contributed by atoms with van der Waals surface area (Å²) in [5.41, 5.74) is 4.57. The summed E-state index contributed by atoms with van der Waals surface area (Å²) in [6.07, 6.45) is 0.323. The number of rotatable bonds is 7. The predicted octanol–water partition coefficient (Wildman–Crippen LogP) is 3.35. The molecule has 2 atom stereocenters. The second-order valence-electron chi connectivity index (χ2n) is 9.58. The number of carbonyl (C=O) groups excluding carboxylic acids is 1. The van der Waals surface area contributed by atoms with E-state index in [2.05, 4.69) is 91.1 Å². The van der Waals surface area contributed by atoms with E-state index in [1.807, 2.05) is 19.9 Å². The number of nitrogens with one attached hydrogen (secondary N) is 2. The molecule has 2 aliphatic heterocycles. The molecule has 2 aliphatic rings. The summed E-state index contributed by atoms with van der Waals surface area (Å²) in [7, 11) is 0. The summed E-state index contributed by atoms with van der Waals surface area (Å²) < 4.78 is 0. The highest BCUT2D eigenvalue weighted by Gasteiger charge is 2.33. The lowest BCUT2D eigenvalue weighted by atomic mass is 9.96. The molecular formula is C28H34N6OS. The number of aryl methyl sites for hydroxylation is 2. The van der Waals surface area contributed by atoms with Crippen LogP contribution in [0.1, 0.15) is 35.0 Å². The summed E-state index contributed by atoms with van der Waals surface area (Å²) in [6.45, 7) is 7.60. The quantitative estimate of drug-likeness (QED) is 0.379. The van der Waals surface area contributed by atoms with E-state index in [0.29, 0.717) is 6.42 Å². The number of hydrogen-bond acceptors (Lipinski definition) is 7. The van der Waals surface area contributed by atoms with Crippen molar-refractivity contribution in [1.82, 2.24) is 30.4 Å². The van der Waals surface area contributed by atoms with Gasteiger partial charge in [-0.05, 0) is 31.0 Å². The molecule has 0 saturated carbocycles. The van der Waals surface area contributed by atoms with E-state index in [0.717, 1.165) is 48.5 Å². The smallest absolute Gasteiger partial charge is 0.223 e. The van der Waals surface area contributed by atoms with E-state index in [4.69, 9.17) is 0 Å². The van der Waals surface area contributed by atoms with Crippen LogP contribution in [0.3, 0.4) is 0 Å². The minimum Gasteiger partial charge on any atom is -0.328 e. The summed E-state index contributed by atoms with van der Waals surface area (Å²) in [5, 5.41) is 7.59. The van der Waals surface area contributed by atoms with Crippen LogP contribution in [0.4, 0.5) is 0 Å². The van der Waals surface area contributed by atoms with E-state index in [-0.39, 0.29) is 24.3 Å². The monoisotopic (exact) mass is 502 g/mol. The van der Waals surface area contributed by atoms with Gasteiger partial charge in [0.15, 0.2) is 5.16 Å². The van der Waals surface area contributed by atoms with Crippen LogP contribution in [0.5, 0.6) is 0 Å². The van der Waals surface area contributed by atoms with Crippen molar-refractivity contribution >= 4 is 17.7 Å². The first-order valence-electron chi connectivity index (χ1n) is 12.6. The lowest BCUT2D eigenvalue weighted by Gasteiger charge is -2.45. The molecule has 7 nitrogen and oxygen atoms in total. The summed E-state index contributed by atoms with van der Waals surface area (Å²) in [6, 6.07) is 23.8. The molecule has 2 aromatic carbocycles. The number of benzene rings is 2. The molecule has 5 rings (SSSR count). The first-order valence-corrected chi connectivity index (χ1v) is 13.6. The number of aromatic nitrogens is 2. The van der Waals surface area contributed by atoms with Crippen LogP contribution in [-0.4, -0.2) is 69.9 Å². The SMILES string of the molecule is Cc1cc(C)nc(SCC2CC(=O)NC(N3CCN(C(c4ccccc4)c4ccccc4)CC3)N2)n1. The van der Waals surface area contributed by atoms with Crippen molar-refractivity contribution in [3.05, 3.63) is 89.2 Å². The lowest BCUT2D eigenvalue weighted by molar-refractivity contribution is -0.127. The summed E-state index contributed by atoms with van der Waals surface area (Å²) >= 11 is 1.61. The first kappa shape index (κ1) is 24.9. The van der Waals surface area contributed by atoms with Gasteiger partial charge in [-0.25, -0.2) is 9.97 Å². The van der Waals surface area contributed by atoms with Gasteiger partial charge in [0, 0.05) is 55.8 Å². The topological polar surface area (TPSA) is 73.4 Å². The Hall–Kier alpha value is -2.78. The van der Waals surface area contributed by atoms with E-state index in [1.54, 1.807) is 11.8 Å². The Bertz CT molecular complexity index is 1090. The maximum Gasteiger partial charge on any atom is 0.223 e. The van der Waals surface area contributed by atoms with Crippen molar-refractivity contribution in [2.24, 2.45) is 0 Å². The van der Waals surface area contributed by atoms with Crippen LogP contribution < -0.4 is 10.6 Å². The van der Waals surface area contributed by atoms with Crippen LogP contribution in [0.25, 0.3) is 0 Å². The Kier molecular flexibility index (Phi) is 7.96. The molecule has 0 radical (unpaired) electrons. The maximum absolute atomic E-state index is 12.6. The van der Waals surface area contributed by atoms with Crippen molar-refractivity contribution in [3.8, 4) is 0 Å². The van der Waals surface area contributed by atoms with Gasteiger partial charge in [0.1, 0.15) is 6.29 Å². The number of carbonyl (C=O) groups is 1. The molecule has 0 bridgehead atoms.